The molecule has 1 rings (SSSR count). The third kappa shape index (κ3) is 0.527. The van der Waals surface area contributed by atoms with E-state index in [1.165, 1.54) is 0 Å². The normalized spacial score (nSPS) is 29.0. The highest BCUT2D eigenvalue weighted by molar-refractivity contribution is 7.80. The predicted octanol–water partition coefficient (Wildman–Crippen LogP) is 0.0797. The van der Waals surface area contributed by atoms with Crippen LogP contribution in [0.1, 0.15) is 6.92 Å². The van der Waals surface area contributed by atoms with Gasteiger partial charge in [0.05, 0.1) is 10.9 Å². The van der Waals surface area contributed by atoms with Crippen molar-refractivity contribution in [3.05, 3.63) is 0 Å². The van der Waals surface area contributed by atoms with E-state index in [0.29, 0.717) is 4.99 Å². The molecule has 0 aliphatic carbocycles. The number of hydrogen-bond donors (Lipinski definition) is 1. The Morgan fingerprint density at radius 3 is 2.43 bits per heavy atom. The highest BCUT2D eigenvalue weighted by Crippen LogP contribution is 2.05. The van der Waals surface area contributed by atoms with Gasteiger partial charge in [-0.2, -0.15) is 0 Å². The molecule has 1 saturated heterocycles. The van der Waals surface area contributed by atoms with Crippen molar-refractivity contribution < 1.29 is 4.79 Å². The van der Waals surface area contributed by atoms with Crippen LogP contribution < -0.4 is 5.32 Å². The summed E-state index contributed by atoms with van der Waals surface area (Å²) in [5.74, 6) is 0.0278. The molecule has 0 bridgehead atoms. The minimum absolute atomic E-state index is 0.0185. The summed E-state index contributed by atoms with van der Waals surface area (Å²) in [5.41, 5.74) is 0. The minimum atomic E-state index is -0.0185. The summed E-state index contributed by atoms with van der Waals surface area (Å²) in [7, 11) is 0. The van der Waals surface area contributed by atoms with E-state index in [2.05, 4.69) is 17.5 Å². The first-order valence-electron chi connectivity index (χ1n) is 2.06. The molecule has 0 aromatic carbocycles. The lowest BCUT2D eigenvalue weighted by molar-refractivity contribution is -0.123. The molecule has 1 N–H and O–H groups in total. The van der Waals surface area contributed by atoms with E-state index >= 15 is 0 Å². The molecule has 0 saturated carbocycles. The molecule has 1 heterocycles. The van der Waals surface area contributed by atoms with Crippen molar-refractivity contribution in [2.24, 2.45) is 5.92 Å². The zero-order valence-corrected chi connectivity index (χ0v) is 4.71. The average Bonchev–Trinajstić information content (AvgIpc) is 1.68. The zero-order valence-electron chi connectivity index (χ0n) is 3.89. The van der Waals surface area contributed by atoms with E-state index in [0.717, 1.165) is 0 Å². The third-order valence-electron chi connectivity index (χ3n) is 1.03. The van der Waals surface area contributed by atoms with Gasteiger partial charge in [0, 0.05) is 0 Å². The first-order chi connectivity index (χ1) is 3.22. The summed E-state index contributed by atoms with van der Waals surface area (Å²) in [6.45, 7) is 1.79. The summed E-state index contributed by atoms with van der Waals surface area (Å²) in [6, 6.07) is 0. The second-order valence-electron chi connectivity index (χ2n) is 1.58. The molecular weight excluding hydrogens is 110 g/mol. The minimum Gasteiger partial charge on any atom is -0.319 e. The van der Waals surface area contributed by atoms with Crippen molar-refractivity contribution in [2.45, 2.75) is 6.92 Å². The number of nitrogens with one attached hydrogen (secondary N) is 1. The summed E-state index contributed by atoms with van der Waals surface area (Å²) < 4.78 is 0. The molecule has 0 radical (unpaired) electrons. The number of carbonyl (C=O) groups excluding carboxylic acids is 1. The van der Waals surface area contributed by atoms with Gasteiger partial charge in [-0.1, -0.05) is 12.2 Å². The van der Waals surface area contributed by atoms with Crippen molar-refractivity contribution in [1.29, 1.82) is 0 Å². The molecule has 1 unspecified atom stereocenters. The van der Waals surface area contributed by atoms with Crippen LogP contribution >= 0.6 is 12.2 Å². The predicted molar refractivity (Wildman–Crippen MR) is 29.9 cm³/mol. The summed E-state index contributed by atoms with van der Waals surface area (Å²) in [5, 5.41) is 2.45. The van der Waals surface area contributed by atoms with Crippen LogP contribution in [-0.4, -0.2) is 10.9 Å². The lowest BCUT2D eigenvalue weighted by Crippen LogP contribution is -2.51. The fraction of sp³-hybridized carbons (Fsp3) is 0.500. The average molecular weight is 115 g/mol. The van der Waals surface area contributed by atoms with Gasteiger partial charge in [-0.25, -0.2) is 0 Å². The molecule has 2 nitrogen and oxygen atoms in total. The molecular formula is C4H5NOS. The zero-order chi connectivity index (χ0) is 5.44. The van der Waals surface area contributed by atoms with E-state index in [-0.39, 0.29) is 11.8 Å². The van der Waals surface area contributed by atoms with Crippen LogP contribution in [0.15, 0.2) is 0 Å². The molecule has 1 aliphatic heterocycles. The van der Waals surface area contributed by atoms with Crippen LogP contribution in [0.4, 0.5) is 0 Å². The van der Waals surface area contributed by atoms with Gasteiger partial charge in [-0.3, -0.25) is 4.79 Å². The molecule has 1 aliphatic rings. The standard InChI is InChI=1S/C4H5NOS/c1-2-3(6)5-4(2)7/h2H,1H3,(H,5,6,7). The Balaban J connectivity index is 2.59. The number of amides is 1. The molecule has 3 heteroatoms. The Hall–Kier alpha value is -0.440. The fourth-order valence-electron chi connectivity index (χ4n) is 0.379. The van der Waals surface area contributed by atoms with Crippen LogP contribution in [0.3, 0.4) is 0 Å². The Labute approximate surface area is 46.9 Å². The number of carbonyl (C=O) groups is 1. The lowest BCUT2D eigenvalue weighted by atomic mass is 10.1. The Morgan fingerprint density at radius 1 is 1.86 bits per heavy atom. The van der Waals surface area contributed by atoms with Crippen molar-refractivity contribution in [3.8, 4) is 0 Å². The molecule has 1 fully saturated rings. The van der Waals surface area contributed by atoms with Crippen LogP contribution in [-0.2, 0) is 4.79 Å². The van der Waals surface area contributed by atoms with Crippen molar-refractivity contribution in [3.63, 3.8) is 0 Å². The second kappa shape index (κ2) is 1.26. The van der Waals surface area contributed by atoms with Crippen LogP contribution in [0.25, 0.3) is 0 Å². The van der Waals surface area contributed by atoms with Gasteiger partial charge in [-0.15, -0.1) is 0 Å². The van der Waals surface area contributed by atoms with Crippen molar-refractivity contribution >= 4 is 23.1 Å². The van der Waals surface area contributed by atoms with E-state index < -0.39 is 0 Å². The smallest absolute Gasteiger partial charge is 0.234 e. The van der Waals surface area contributed by atoms with Gasteiger partial charge >= 0.3 is 0 Å². The van der Waals surface area contributed by atoms with Gasteiger partial charge in [-0.05, 0) is 6.92 Å². The third-order valence-corrected chi connectivity index (χ3v) is 1.49. The van der Waals surface area contributed by atoms with Crippen molar-refractivity contribution in [1.82, 2.24) is 5.32 Å². The van der Waals surface area contributed by atoms with Crippen molar-refractivity contribution in [2.75, 3.05) is 0 Å². The maximum Gasteiger partial charge on any atom is 0.234 e. The van der Waals surface area contributed by atoms with Crippen LogP contribution in [0.5, 0.6) is 0 Å². The summed E-state index contributed by atoms with van der Waals surface area (Å²) in [6.07, 6.45) is 0. The summed E-state index contributed by atoms with van der Waals surface area (Å²) >= 11 is 4.65. The SMILES string of the molecule is CC1C(=O)NC1=S. The molecule has 7 heavy (non-hydrogen) atoms. The quantitative estimate of drug-likeness (QED) is 0.358. The highest BCUT2D eigenvalue weighted by atomic mass is 32.1. The van der Waals surface area contributed by atoms with Gasteiger partial charge in [0.1, 0.15) is 0 Å². The monoisotopic (exact) mass is 115 g/mol. The lowest BCUT2D eigenvalue weighted by Gasteiger charge is -2.22. The van der Waals surface area contributed by atoms with Gasteiger partial charge in [0.2, 0.25) is 5.91 Å². The van der Waals surface area contributed by atoms with E-state index in [1.54, 1.807) is 6.92 Å². The maximum absolute atomic E-state index is 10.2. The van der Waals surface area contributed by atoms with Crippen LogP contribution in [0.2, 0.25) is 0 Å². The molecule has 0 aromatic rings. The largest absolute Gasteiger partial charge is 0.319 e. The molecule has 1 atom stereocenters. The number of rotatable bonds is 0. The van der Waals surface area contributed by atoms with Gasteiger partial charge in [0.25, 0.3) is 0 Å². The topological polar surface area (TPSA) is 29.1 Å². The first kappa shape index (κ1) is 4.71. The number of β-lactam (4-membered cyclic amide) rings is 1. The van der Waals surface area contributed by atoms with E-state index in [9.17, 15) is 4.79 Å². The second-order valence-corrected chi connectivity index (χ2v) is 2.02. The molecule has 0 spiro atoms. The molecule has 1 amide bonds. The van der Waals surface area contributed by atoms with Crippen LogP contribution in [0, 0.1) is 5.92 Å². The van der Waals surface area contributed by atoms with E-state index in [4.69, 9.17) is 0 Å². The Morgan fingerprint density at radius 2 is 2.43 bits per heavy atom. The Bertz CT molecular complexity index is 118. The summed E-state index contributed by atoms with van der Waals surface area (Å²) in [4.78, 5) is 10.9. The molecule has 0 aromatic heterocycles. The first-order valence-corrected chi connectivity index (χ1v) is 2.47. The van der Waals surface area contributed by atoms with Gasteiger partial charge < -0.3 is 5.32 Å². The van der Waals surface area contributed by atoms with Gasteiger partial charge in [0.15, 0.2) is 0 Å². The Kier molecular flexibility index (Phi) is 0.852. The number of hydrogen-bond acceptors (Lipinski definition) is 2. The molecule has 38 valence electrons. The number of thiocarbonyl (C=S) groups is 1. The highest BCUT2D eigenvalue weighted by Gasteiger charge is 2.28. The fourth-order valence-corrected chi connectivity index (χ4v) is 0.587. The van der Waals surface area contributed by atoms with E-state index in [1.807, 2.05) is 0 Å². The maximum atomic E-state index is 10.2.